The van der Waals surface area contributed by atoms with Gasteiger partial charge in [-0.25, -0.2) is 0 Å². The minimum absolute atomic E-state index is 0.0149. The molecule has 2 aliphatic carbocycles. The minimum Gasteiger partial charge on any atom is -0.403 e. The molecule has 3 aliphatic rings. The number of benzene rings is 1. The standard InChI is InChI=1S/C22H25N3/c1-21(19(24)15-23)12-7-8-16(14-21)25-18-10-4-3-9-17(18)22(2)13-6-5-11-20(22)25/h3-13,15,20H,14,23-24H2,1-2H3. The van der Waals surface area contributed by atoms with Crippen LogP contribution in [-0.2, 0) is 5.41 Å². The van der Waals surface area contributed by atoms with Crippen LogP contribution in [0.15, 0.2) is 84.4 Å². The fourth-order valence-electron chi connectivity index (χ4n) is 4.37. The van der Waals surface area contributed by atoms with Gasteiger partial charge >= 0.3 is 0 Å². The van der Waals surface area contributed by atoms with E-state index in [1.807, 2.05) is 0 Å². The Morgan fingerprint density at radius 3 is 2.76 bits per heavy atom. The lowest BCUT2D eigenvalue weighted by Crippen LogP contribution is -2.42. The Labute approximate surface area is 149 Å². The summed E-state index contributed by atoms with van der Waals surface area (Å²) >= 11 is 0. The molecule has 0 bridgehead atoms. The van der Waals surface area contributed by atoms with Crippen LogP contribution in [0.4, 0.5) is 5.69 Å². The monoisotopic (exact) mass is 331 g/mol. The van der Waals surface area contributed by atoms with E-state index in [2.05, 4.69) is 85.5 Å². The van der Waals surface area contributed by atoms with Crippen LogP contribution < -0.4 is 16.4 Å². The molecule has 3 nitrogen and oxygen atoms in total. The van der Waals surface area contributed by atoms with Gasteiger partial charge in [0.2, 0.25) is 0 Å². The highest BCUT2D eigenvalue weighted by molar-refractivity contribution is 5.72. The number of hydrogen-bond acceptors (Lipinski definition) is 3. The van der Waals surface area contributed by atoms with Gasteiger partial charge in [-0.2, -0.15) is 0 Å². The maximum atomic E-state index is 6.21. The molecule has 128 valence electrons. The van der Waals surface area contributed by atoms with Crippen molar-refractivity contribution in [2.24, 2.45) is 16.9 Å². The van der Waals surface area contributed by atoms with Gasteiger partial charge in [0.25, 0.3) is 0 Å². The van der Waals surface area contributed by atoms with Gasteiger partial charge in [-0.1, -0.05) is 61.6 Å². The smallest absolute Gasteiger partial charge is 0.0651 e. The van der Waals surface area contributed by atoms with E-state index in [1.54, 1.807) is 0 Å². The van der Waals surface area contributed by atoms with Crippen molar-refractivity contribution in [1.82, 2.24) is 0 Å². The third kappa shape index (κ3) is 2.19. The quantitative estimate of drug-likeness (QED) is 0.865. The number of hydrogen-bond donors (Lipinski definition) is 2. The molecule has 0 saturated carbocycles. The largest absolute Gasteiger partial charge is 0.403 e. The first-order valence-electron chi connectivity index (χ1n) is 8.81. The number of fused-ring (bicyclic) bond motifs is 3. The predicted octanol–water partition coefficient (Wildman–Crippen LogP) is 3.87. The molecule has 0 saturated heterocycles. The van der Waals surface area contributed by atoms with Crippen LogP contribution in [0.3, 0.4) is 0 Å². The molecule has 3 unspecified atom stereocenters. The predicted molar refractivity (Wildman–Crippen MR) is 105 cm³/mol. The Morgan fingerprint density at radius 1 is 1.16 bits per heavy atom. The molecule has 25 heavy (non-hydrogen) atoms. The maximum absolute atomic E-state index is 6.21. The lowest BCUT2D eigenvalue weighted by atomic mass is 9.75. The molecule has 3 heteroatoms. The SMILES string of the molecule is CC1(C(N)=CN)C=CC=C(N2c3ccccc3C3(C)C=CC=CC23)C1. The van der Waals surface area contributed by atoms with Crippen LogP contribution in [0.5, 0.6) is 0 Å². The van der Waals surface area contributed by atoms with Gasteiger partial charge in [-0.15, -0.1) is 0 Å². The molecule has 1 aromatic rings. The average Bonchev–Trinajstić information content (AvgIpc) is 2.90. The molecule has 1 aliphatic heterocycles. The highest BCUT2D eigenvalue weighted by atomic mass is 15.2. The topological polar surface area (TPSA) is 55.3 Å². The van der Waals surface area contributed by atoms with Crippen LogP contribution in [0.25, 0.3) is 0 Å². The van der Waals surface area contributed by atoms with E-state index < -0.39 is 0 Å². The summed E-state index contributed by atoms with van der Waals surface area (Å²) in [7, 11) is 0. The number of para-hydroxylation sites is 1. The zero-order valence-corrected chi connectivity index (χ0v) is 14.8. The molecule has 4 rings (SSSR count). The molecule has 0 spiro atoms. The lowest BCUT2D eigenvalue weighted by Gasteiger charge is -2.39. The normalized spacial score (nSPS) is 33.2. The third-order valence-corrected chi connectivity index (χ3v) is 5.93. The van der Waals surface area contributed by atoms with Gasteiger partial charge in [0.1, 0.15) is 0 Å². The molecule has 4 N–H and O–H groups in total. The molecule has 0 aromatic heterocycles. The molecular formula is C22H25N3. The second-order valence-corrected chi connectivity index (χ2v) is 7.59. The van der Waals surface area contributed by atoms with E-state index in [0.717, 1.165) is 6.42 Å². The maximum Gasteiger partial charge on any atom is 0.0651 e. The number of nitrogens with two attached hydrogens (primary N) is 2. The Balaban J connectivity index is 1.81. The van der Waals surface area contributed by atoms with Crippen LogP contribution in [0, 0.1) is 5.41 Å². The van der Waals surface area contributed by atoms with Crippen LogP contribution in [0.1, 0.15) is 25.8 Å². The van der Waals surface area contributed by atoms with E-state index >= 15 is 0 Å². The summed E-state index contributed by atoms with van der Waals surface area (Å²) in [4.78, 5) is 2.47. The highest BCUT2D eigenvalue weighted by Gasteiger charge is 2.47. The van der Waals surface area contributed by atoms with Crippen molar-refractivity contribution in [1.29, 1.82) is 0 Å². The fourth-order valence-corrected chi connectivity index (χ4v) is 4.37. The molecule has 0 radical (unpaired) electrons. The van der Waals surface area contributed by atoms with Crippen molar-refractivity contribution in [3.63, 3.8) is 0 Å². The zero-order chi connectivity index (χ0) is 17.7. The van der Waals surface area contributed by atoms with Crippen LogP contribution in [0.2, 0.25) is 0 Å². The molecule has 0 amide bonds. The minimum atomic E-state index is -0.249. The number of anilines is 1. The first-order chi connectivity index (χ1) is 12.0. The second-order valence-electron chi connectivity index (χ2n) is 7.59. The van der Waals surface area contributed by atoms with Crippen molar-refractivity contribution in [3.8, 4) is 0 Å². The van der Waals surface area contributed by atoms with Crippen molar-refractivity contribution in [3.05, 3.63) is 90.0 Å². The van der Waals surface area contributed by atoms with Gasteiger partial charge in [-0.3, -0.25) is 0 Å². The van der Waals surface area contributed by atoms with Crippen LogP contribution >= 0.6 is 0 Å². The van der Waals surface area contributed by atoms with Gasteiger partial charge in [-0.05, 0) is 24.6 Å². The molecule has 1 heterocycles. The first-order valence-corrected chi connectivity index (χ1v) is 8.81. The van der Waals surface area contributed by atoms with E-state index in [9.17, 15) is 0 Å². The van der Waals surface area contributed by atoms with Crippen molar-refractivity contribution in [2.75, 3.05) is 4.90 Å². The number of rotatable bonds is 2. The summed E-state index contributed by atoms with van der Waals surface area (Å²) in [5.74, 6) is 0. The number of allylic oxidation sites excluding steroid dienone is 6. The van der Waals surface area contributed by atoms with E-state index in [1.165, 1.54) is 23.1 Å². The Morgan fingerprint density at radius 2 is 1.96 bits per heavy atom. The summed E-state index contributed by atoms with van der Waals surface area (Å²) in [6.45, 7) is 4.47. The lowest BCUT2D eigenvalue weighted by molar-refractivity contribution is 0.469. The Bertz CT molecular complexity index is 858. The Hall–Kier alpha value is -2.68. The van der Waals surface area contributed by atoms with Crippen molar-refractivity contribution in [2.45, 2.75) is 31.7 Å². The second kappa shape index (κ2) is 5.41. The Kier molecular flexibility index (Phi) is 3.43. The van der Waals surface area contributed by atoms with Gasteiger partial charge in [0.15, 0.2) is 0 Å². The highest BCUT2D eigenvalue weighted by Crippen LogP contribution is 2.51. The summed E-state index contributed by atoms with van der Waals surface area (Å²) in [6.07, 6.45) is 17.8. The van der Waals surface area contributed by atoms with Crippen molar-refractivity contribution >= 4 is 5.69 Å². The zero-order valence-electron chi connectivity index (χ0n) is 14.8. The summed E-state index contributed by atoms with van der Waals surface area (Å²) < 4.78 is 0. The summed E-state index contributed by atoms with van der Waals surface area (Å²) in [5, 5.41) is 0. The van der Waals surface area contributed by atoms with E-state index in [0.29, 0.717) is 5.70 Å². The van der Waals surface area contributed by atoms with Gasteiger partial charge < -0.3 is 16.4 Å². The molecular weight excluding hydrogens is 306 g/mol. The molecule has 0 fully saturated rings. The molecule has 3 atom stereocenters. The van der Waals surface area contributed by atoms with Gasteiger partial charge in [0.05, 0.1) is 6.04 Å². The van der Waals surface area contributed by atoms with Crippen molar-refractivity contribution < 1.29 is 0 Å². The fraction of sp³-hybridized carbons (Fsp3) is 0.273. The molecule has 1 aromatic carbocycles. The van der Waals surface area contributed by atoms with Gasteiger partial charge in [0, 0.05) is 40.5 Å². The van der Waals surface area contributed by atoms with Crippen LogP contribution in [-0.4, -0.2) is 6.04 Å². The summed E-state index contributed by atoms with van der Waals surface area (Å²) in [5.41, 5.74) is 16.3. The third-order valence-electron chi connectivity index (χ3n) is 5.93. The first kappa shape index (κ1) is 15.8. The average molecular weight is 331 g/mol. The van der Waals surface area contributed by atoms with E-state index in [-0.39, 0.29) is 16.9 Å². The van der Waals surface area contributed by atoms with E-state index in [4.69, 9.17) is 11.5 Å². The summed E-state index contributed by atoms with van der Waals surface area (Å²) in [6, 6.07) is 9.00. The number of nitrogens with zero attached hydrogens (tertiary/aromatic N) is 1.